The molecule has 0 aromatic heterocycles. The molecule has 4 amide bonds. The minimum absolute atomic E-state index is 0.0947. The lowest BCUT2D eigenvalue weighted by molar-refractivity contribution is -0.138. The van der Waals surface area contributed by atoms with E-state index in [0.717, 1.165) is 10.5 Å². The second kappa shape index (κ2) is 10.7. The van der Waals surface area contributed by atoms with Crippen molar-refractivity contribution >= 4 is 106 Å². The van der Waals surface area contributed by atoms with Crippen LogP contribution in [0.2, 0.25) is 0 Å². The largest absolute Gasteiger partial charge is 0.503 e. The second-order valence-corrected chi connectivity index (χ2v) is 14.3. The Morgan fingerprint density at radius 2 is 1.74 bits per heavy atom. The van der Waals surface area contributed by atoms with Gasteiger partial charge in [0.05, 0.1) is 34.6 Å². The van der Waals surface area contributed by atoms with E-state index < -0.39 is 51.1 Å². The van der Waals surface area contributed by atoms with Gasteiger partial charge in [0.2, 0.25) is 11.8 Å². The number of carbonyl (C=O) groups is 4. The number of allylic oxidation sites excluding steroid dienone is 2. The number of imide groups is 2. The predicted octanol–water partition coefficient (Wildman–Crippen LogP) is 6.48. The van der Waals surface area contributed by atoms with E-state index in [-0.39, 0.29) is 40.2 Å². The molecule has 0 bridgehead atoms. The van der Waals surface area contributed by atoms with Crippen LogP contribution >= 0.6 is 71.0 Å². The number of halogens is 5. The van der Waals surface area contributed by atoms with Gasteiger partial charge in [-0.3, -0.25) is 29.0 Å². The number of likely N-dealkylation sites (tertiary alicyclic amines) is 1. The normalized spacial score (nSPS) is 31.5. The van der Waals surface area contributed by atoms with Gasteiger partial charge in [-0.1, -0.05) is 52.4 Å². The molecule has 2 aromatic carbocycles. The zero-order valence-electron chi connectivity index (χ0n) is 22.5. The predicted molar refractivity (Wildman–Crippen MR) is 172 cm³/mol. The Morgan fingerprint density at radius 3 is 2.35 bits per heavy atom. The second-order valence-electron chi connectivity index (χ2n) is 10.9. The lowest BCUT2D eigenvalue weighted by atomic mass is 9.56. The van der Waals surface area contributed by atoms with Crippen LogP contribution in [0, 0.1) is 17.8 Å². The molecule has 6 rings (SSSR count). The lowest BCUT2D eigenvalue weighted by Gasteiger charge is -2.51. The number of hydrogen-bond acceptors (Lipinski definition) is 6. The van der Waals surface area contributed by atoms with E-state index in [4.69, 9.17) is 27.9 Å². The molecule has 2 heterocycles. The quantitative estimate of drug-likeness (QED) is 0.160. The first kappa shape index (κ1) is 30.8. The number of amides is 4. The van der Waals surface area contributed by atoms with Gasteiger partial charge in [0.25, 0.3) is 11.8 Å². The SMILES string of the molecule is C=Cc1ccc(N2C(=O)C3CC=C4C(CC5(Cl)C(=O)N(CBr)C(=O)C5(Cl)C4c4cc(OC)c(O)c(Br)c4Br)C3C2=O)cc1. The Balaban J connectivity index is 1.55. The first-order chi connectivity index (χ1) is 20.4. The van der Waals surface area contributed by atoms with Gasteiger partial charge in [-0.05, 0) is 79.9 Å². The van der Waals surface area contributed by atoms with Crippen molar-refractivity contribution in [2.45, 2.75) is 28.5 Å². The van der Waals surface area contributed by atoms with E-state index in [9.17, 15) is 24.3 Å². The topological polar surface area (TPSA) is 104 Å². The summed E-state index contributed by atoms with van der Waals surface area (Å²) >= 11 is 24.7. The number of ether oxygens (including phenoxy) is 1. The Bertz CT molecular complexity index is 1670. The van der Waals surface area contributed by atoms with Crippen LogP contribution in [-0.4, -0.2) is 55.9 Å². The molecular formula is C30H23Br3Cl2N2O6. The molecule has 6 atom stereocenters. The van der Waals surface area contributed by atoms with Gasteiger partial charge in [-0.2, -0.15) is 0 Å². The van der Waals surface area contributed by atoms with Crippen LogP contribution in [0.3, 0.4) is 0 Å². The van der Waals surface area contributed by atoms with E-state index in [1.807, 2.05) is 6.08 Å². The fourth-order valence-corrected chi connectivity index (χ4v) is 9.46. The first-order valence-corrected chi connectivity index (χ1v) is 16.7. The number of aromatic hydroxyl groups is 1. The molecule has 1 N–H and O–H groups in total. The van der Waals surface area contributed by atoms with Crippen molar-refractivity contribution in [1.82, 2.24) is 4.90 Å². The van der Waals surface area contributed by atoms with Crippen molar-refractivity contribution in [1.29, 1.82) is 0 Å². The highest BCUT2D eigenvalue weighted by Gasteiger charge is 2.76. The molecule has 6 unspecified atom stereocenters. The van der Waals surface area contributed by atoms with Gasteiger partial charge in [0.1, 0.15) is 0 Å². The summed E-state index contributed by atoms with van der Waals surface area (Å²) in [6, 6.07) is 8.46. The Morgan fingerprint density at radius 1 is 1.07 bits per heavy atom. The van der Waals surface area contributed by atoms with E-state index in [1.54, 1.807) is 30.3 Å². The Hall–Kier alpha value is -2.18. The molecule has 2 aromatic rings. The number of anilines is 1. The van der Waals surface area contributed by atoms with Crippen LogP contribution < -0.4 is 9.64 Å². The molecule has 0 radical (unpaired) electrons. The Kier molecular flexibility index (Phi) is 7.69. The zero-order chi connectivity index (χ0) is 31.2. The summed E-state index contributed by atoms with van der Waals surface area (Å²) in [6.45, 7) is 3.75. The minimum Gasteiger partial charge on any atom is -0.503 e. The van der Waals surface area contributed by atoms with Crippen LogP contribution in [-0.2, 0) is 19.2 Å². The number of fused-ring (bicyclic) bond motifs is 4. The van der Waals surface area contributed by atoms with Crippen molar-refractivity contribution < 1.29 is 29.0 Å². The van der Waals surface area contributed by atoms with Crippen LogP contribution in [0.15, 0.2) is 57.5 Å². The standard InChI is InChI=1S/C30H23Br3Cl2N2O6/c1-3-13-4-6-14(7-5-13)37-25(39)16-9-8-15-18(20(16)26(37)40)11-29(34)27(41)36(12-31)28(42)30(29,35)21(15)17-10-19(43-2)24(38)23(33)22(17)32/h3-8,10,16,18,20-21,38H,1,9,11-12H2,2H3. The summed E-state index contributed by atoms with van der Waals surface area (Å²) in [5, 5.41) is 10.7. The van der Waals surface area contributed by atoms with Gasteiger partial charge in [0, 0.05) is 10.4 Å². The van der Waals surface area contributed by atoms with E-state index in [2.05, 4.69) is 54.4 Å². The summed E-state index contributed by atoms with van der Waals surface area (Å²) in [5.41, 5.74) is 2.18. The van der Waals surface area contributed by atoms with Crippen LogP contribution in [0.4, 0.5) is 5.69 Å². The molecule has 1 saturated carbocycles. The number of phenols is 1. The number of hydrogen-bond donors (Lipinski definition) is 1. The maximum atomic E-state index is 14.2. The Labute approximate surface area is 282 Å². The molecule has 13 heteroatoms. The van der Waals surface area contributed by atoms with E-state index in [0.29, 0.717) is 21.3 Å². The molecule has 2 aliphatic heterocycles. The van der Waals surface area contributed by atoms with Crippen molar-refractivity contribution in [3.63, 3.8) is 0 Å². The summed E-state index contributed by atoms with van der Waals surface area (Å²) in [4.78, 5) is 54.0. The van der Waals surface area contributed by atoms with Crippen molar-refractivity contribution in [3.05, 3.63) is 68.6 Å². The monoisotopic (exact) mass is 814 g/mol. The van der Waals surface area contributed by atoms with Gasteiger partial charge in [-0.15, -0.1) is 23.2 Å². The molecule has 4 aliphatic rings. The van der Waals surface area contributed by atoms with Crippen LogP contribution in [0.25, 0.3) is 6.08 Å². The highest BCUT2D eigenvalue weighted by Crippen LogP contribution is 2.66. The van der Waals surface area contributed by atoms with Gasteiger partial charge < -0.3 is 9.84 Å². The third kappa shape index (κ3) is 4.03. The first-order valence-electron chi connectivity index (χ1n) is 13.2. The zero-order valence-corrected chi connectivity index (χ0v) is 28.7. The number of alkyl halides is 3. The lowest BCUT2D eigenvalue weighted by Crippen LogP contribution is -2.60. The molecule has 0 spiro atoms. The third-order valence-electron chi connectivity index (χ3n) is 9.11. The summed E-state index contributed by atoms with van der Waals surface area (Å²) in [7, 11) is 1.38. The number of phenolic OH excluding ortho intramolecular Hbond substituents is 1. The number of rotatable bonds is 5. The molecular weight excluding hydrogens is 795 g/mol. The van der Waals surface area contributed by atoms with Crippen molar-refractivity contribution in [3.8, 4) is 11.5 Å². The maximum Gasteiger partial charge on any atom is 0.254 e. The number of benzene rings is 2. The number of carbonyl (C=O) groups excluding carboxylic acids is 4. The molecule has 3 fully saturated rings. The number of methoxy groups -OCH3 is 1. The molecule has 2 aliphatic carbocycles. The fraction of sp³-hybridized carbons (Fsp3) is 0.333. The number of nitrogens with zero attached hydrogens (tertiary/aromatic N) is 2. The van der Waals surface area contributed by atoms with Gasteiger partial charge in [0.15, 0.2) is 21.2 Å². The molecule has 2 saturated heterocycles. The summed E-state index contributed by atoms with van der Waals surface area (Å²) < 4.78 is 6.02. The fourth-order valence-electron chi connectivity index (χ4n) is 7.09. The smallest absolute Gasteiger partial charge is 0.254 e. The average molecular weight is 818 g/mol. The van der Waals surface area contributed by atoms with E-state index >= 15 is 0 Å². The van der Waals surface area contributed by atoms with Crippen molar-refractivity contribution in [2.75, 3.05) is 17.5 Å². The van der Waals surface area contributed by atoms with Gasteiger partial charge in [-0.25, -0.2) is 0 Å². The van der Waals surface area contributed by atoms with Crippen LogP contribution in [0.1, 0.15) is 29.9 Å². The molecule has 8 nitrogen and oxygen atoms in total. The highest BCUT2D eigenvalue weighted by atomic mass is 79.9. The molecule has 224 valence electrons. The van der Waals surface area contributed by atoms with Gasteiger partial charge >= 0.3 is 0 Å². The summed E-state index contributed by atoms with van der Waals surface area (Å²) in [6.07, 6.45) is 3.60. The third-order valence-corrected chi connectivity index (χ3v) is 13.2. The van der Waals surface area contributed by atoms with E-state index in [1.165, 1.54) is 18.1 Å². The van der Waals surface area contributed by atoms with Crippen molar-refractivity contribution in [2.24, 2.45) is 17.8 Å². The summed E-state index contributed by atoms with van der Waals surface area (Å²) in [5.74, 6) is -5.47. The highest BCUT2D eigenvalue weighted by molar-refractivity contribution is 9.13. The average Bonchev–Trinajstić information content (AvgIpc) is 3.34. The molecule has 43 heavy (non-hydrogen) atoms. The maximum absolute atomic E-state index is 14.2. The minimum atomic E-state index is -2.00. The van der Waals surface area contributed by atoms with Crippen LogP contribution in [0.5, 0.6) is 11.5 Å².